The van der Waals surface area contributed by atoms with E-state index in [-0.39, 0.29) is 11.4 Å². The first-order valence-corrected chi connectivity index (χ1v) is 3.48. The Morgan fingerprint density at radius 1 is 1.50 bits per heavy atom. The van der Waals surface area contributed by atoms with Gasteiger partial charge >= 0.3 is 0 Å². The minimum Gasteiger partial charge on any atom is -0.491 e. The van der Waals surface area contributed by atoms with Crippen molar-refractivity contribution in [2.75, 3.05) is 20.2 Å². The zero-order chi connectivity index (χ0) is 16.5. The number of hydrogen-bond acceptors (Lipinski definition) is 4. The molecule has 14 heavy (non-hydrogen) atoms. The van der Waals surface area contributed by atoms with Gasteiger partial charge in [0.25, 0.3) is 5.69 Å². The molecule has 0 fully saturated rings. The number of ether oxygens (including phenoxy) is 2. The minimum atomic E-state index is -3.26. The maximum atomic E-state index is 10.5. The molecule has 1 aromatic carbocycles. The van der Waals surface area contributed by atoms with Crippen molar-refractivity contribution in [1.82, 2.24) is 0 Å². The van der Waals surface area contributed by atoms with Gasteiger partial charge in [-0.2, -0.15) is 0 Å². The highest BCUT2D eigenvalue weighted by Crippen LogP contribution is 2.16. The SMILES string of the molecule is [2H]C([2H])([2H])OC([2H])([2H])C([2H])([2H])Oc1ccc([N+](=O)[O-])cc1. The van der Waals surface area contributed by atoms with E-state index in [2.05, 4.69) is 4.74 Å². The van der Waals surface area contributed by atoms with Crippen molar-refractivity contribution in [3.8, 4) is 5.75 Å². The van der Waals surface area contributed by atoms with Crippen molar-refractivity contribution in [3.63, 3.8) is 0 Å². The first-order valence-electron chi connectivity index (χ1n) is 6.98. The number of nitro benzene ring substituents is 1. The third-order valence-electron chi connectivity index (χ3n) is 1.31. The maximum Gasteiger partial charge on any atom is 0.269 e. The van der Waals surface area contributed by atoms with Gasteiger partial charge in [0.15, 0.2) is 0 Å². The van der Waals surface area contributed by atoms with E-state index in [9.17, 15) is 10.1 Å². The predicted octanol–water partition coefficient (Wildman–Crippen LogP) is 1.62. The lowest BCUT2D eigenvalue weighted by molar-refractivity contribution is -0.384. The fourth-order valence-electron chi connectivity index (χ4n) is 0.736. The van der Waals surface area contributed by atoms with E-state index in [1.165, 1.54) is 0 Å². The number of hydrogen-bond donors (Lipinski definition) is 0. The average Bonchev–Trinajstić information content (AvgIpc) is 2.25. The molecule has 0 saturated carbocycles. The number of nitrogens with zero attached hydrogens (tertiary/aromatic N) is 1. The number of nitro groups is 1. The Balaban J connectivity index is 2.90. The summed E-state index contributed by atoms with van der Waals surface area (Å²) in [5.41, 5.74) is -0.260. The maximum absolute atomic E-state index is 10.5. The fourth-order valence-corrected chi connectivity index (χ4v) is 0.736. The molecule has 5 nitrogen and oxygen atoms in total. The van der Waals surface area contributed by atoms with Gasteiger partial charge in [0, 0.05) is 19.2 Å². The van der Waals surface area contributed by atoms with Crippen molar-refractivity contribution in [2.45, 2.75) is 0 Å². The third kappa shape index (κ3) is 3.02. The van der Waals surface area contributed by atoms with Crippen molar-refractivity contribution in [3.05, 3.63) is 34.4 Å². The highest BCUT2D eigenvalue weighted by molar-refractivity contribution is 5.35. The van der Waals surface area contributed by atoms with Crippen LogP contribution in [0.4, 0.5) is 5.69 Å². The molecule has 0 aliphatic carbocycles. The summed E-state index contributed by atoms with van der Waals surface area (Å²) >= 11 is 0. The largest absolute Gasteiger partial charge is 0.491 e. The molecule has 1 rings (SSSR count). The van der Waals surface area contributed by atoms with E-state index in [1.807, 2.05) is 0 Å². The molecule has 0 aromatic heterocycles. The smallest absolute Gasteiger partial charge is 0.269 e. The lowest BCUT2D eigenvalue weighted by Gasteiger charge is -2.03. The molecule has 5 heteroatoms. The number of methoxy groups -OCH3 is 1. The summed E-state index contributed by atoms with van der Waals surface area (Å²) in [7, 11) is -3.16. The summed E-state index contributed by atoms with van der Waals surface area (Å²) in [6.45, 7) is -6.39. The van der Waals surface area contributed by atoms with Crippen LogP contribution in [0.1, 0.15) is 9.60 Å². The Kier molecular flexibility index (Phi) is 1.58. The van der Waals surface area contributed by atoms with E-state index in [0.29, 0.717) is 0 Å². The second-order valence-electron chi connectivity index (χ2n) is 2.16. The zero-order valence-corrected chi connectivity index (χ0v) is 6.89. The molecule has 0 N–H and O–H groups in total. The molecular formula is C9H11NO4. The van der Waals surface area contributed by atoms with Gasteiger partial charge in [-0.3, -0.25) is 10.1 Å². The monoisotopic (exact) mass is 204 g/mol. The van der Waals surface area contributed by atoms with Crippen LogP contribution in [0.3, 0.4) is 0 Å². The topological polar surface area (TPSA) is 61.6 Å². The highest BCUT2D eigenvalue weighted by Gasteiger charge is 2.03. The summed E-state index contributed by atoms with van der Waals surface area (Å²) in [4.78, 5) is 9.79. The summed E-state index contributed by atoms with van der Waals surface area (Å²) in [6.07, 6.45) is 0. The van der Waals surface area contributed by atoms with Gasteiger partial charge in [-0.05, 0) is 12.1 Å². The summed E-state index contributed by atoms with van der Waals surface area (Å²) < 4.78 is 58.7. The molecule has 0 amide bonds. The van der Waals surface area contributed by atoms with E-state index < -0.39 is 25.1 Å². The fraction of sp³-hybridized carbons (Fsp3) is 0.333. The summed E-state index contributed by atoms with van der Waals surface area (Å²) in [5.74, 6) is -0.219. The van der Waals surface area contributed by atoms with Gasteiger partial charge in [0.1, 0.15) is 12.3 Å². The van der Waals surface area contributed by atoms with Crippen LogP contribution in [0.5, 0.6) is 5.75 Å². The van der Waals surface area contributed by atoms with Crippen LogP contribution in [0.2, 0.25) is 0 Å². The molecule has 76 valence electrons. The molecule has 0 heterocycles. The number of rotatable bonds is 5. The van der Waals surface area contributed by atoms with E-state index in [0.717, 1.165) is 24.3 Å². The van der Waals surface area contributed by atoms with Gasteiger partial charge in [0.05, 0.1) is 21.1 Å². The molecular weight excluding hydrogens is 186 g/mol. The second kappa shape index (κ2) is 5.18. The first-order chi connectivity index (χ1) is 9.34. The zero-order valence-electron chi connectivity index (χ0n) is 13.9. The Bertz CT molecular complexity index is 514. The van der Waals surface area contributed by atoms with Gasteiger partial charge in [-0.1, -0.05) is 0 Å². The molecule has 0 bridgehead atoms. The van der Waals surface area contributed by atoms with Crippen molar-refractivity contribution < 1.29 is 24.0 Å². The van der Waals surface area contributed by atoms with E-state index in [4.69, 9.17) is 14.3 Å². The lowest BCUT2D eigenvalue weighted by atomic mass is 10.3. The van der Waals surface area contributed by atoms with Crippen molar-refractivity contribution in [2.24, 2.45) is 0 Å². The Hall–Kier alpha value is -1.62. The summed E-state index contributed by atoms with van der Waals surface area (Å²) in [5, 5.41) is 10.5. The molecule has 0 aliphatic rings. The lowest BCUT2D eigenvalue weighted by Crippen LogP contribution is -2.04. The van der Waals surface area contributed by atoms with Crippen LogP contribution in [0.25, 0.3) is 0 Å². The van der Waals surface area contributed by atoms with Crippen LogP contribution < -0.4 is 4.74 Å². The van der Waals surface area contributed by atoms with E-state index >= 15 is 0 Å². The van der Waals surface area contributed by atoms with Crippen LogP contribution in [0, 0.1) is 10.1 Å². The molecule has 0 atom stereocenters. The molecule has 0 saturated heterocycles. The van der Waals surface area contributed by atoms with Crippen LogP contribution in [-0.4, -0.2) is 25.1 Å². The van der Waals surface area contributed by atoms with Crippen LogP contribution in [-0.2, 0) is 4.74 Å². The Morgan fingerprint density at radius 2 is 2.21 bits per heavy atom. The van der Waals surface area contributed by atoms with Gasteiger partial charge < -0.3 is 9.47 Å². The Labute approximate surface area is 91.2 Å². The van der Waals surface area contributed by atoms with Gasteiger partial charge in [-0.25, -0.2) is 0 Å². The van der Waals surface area contributed by atoms with Crippen molar-refractivity contribution >= 4 is 5.69 Å². The molecule has 1 aromatic rings. The first kappa shape index (κ1) is 4.27. The van der Waals surface area contributed by atoms with Gasteiger partial charge in [0.2, 0.25) is 0 Å². The predicted molar refractivity (Wildman–Crippen MR) is 50.5 cm³/mol. The minimum absolute atomic E-state index is 0.219. The molecule has 0 unspecified atom stereocenters. The average molecular weight is 204 g/mol. The van der Waals surface area contributed by atoms with Crippen molar-refractivity contribution in [1.29, 1.82) is 0 Å². The van der Waals surface area contributed by atoms with Crippen LogP contribution in [0.15, 0.2) is 24.3 Å². The second-order valence-corrected chi connectivity index (χ2v) is 2.16. The van der Waals surface area contributed by atoms with Gasteiger partial charge in [-0.15, -0.1) is 0 Å². The van der Waals surface area contributed by atoms with Crippen LogP contribution >= 0.6 is 0 Å². The molecule has 0 radical (unpaired) electrons. The standard InChI is InChI=1S/C9H11NO4/c1-13-6-7-14-9-4-2-8(3-5-9)10(11)12/h2-5H,6-7H2,1H3/i1D3,6D2,7D2. The molecule has 0 aliphatic heterocycles. The number of benzene rings is 1. The van der Waals surface area contributed by atoms with E-state index in [1.54, 1.807) is 0 Å². The highest BCUT2D eigenvalue weighted by atomic mass is 16.6. The third-order valence-corrected chi connectivity index (χ3v) is 1.31. The Morgan fingerprint density at radius 3 is 2.79 bits per heavy atom. The quantitative estimate of drug-likeness (QED) is 0.540. The molecule has 0 spiro atoms. The summed E-state index contributed by atoms with van der Waals surface area (Å²) in [6, 6.07) is 4.18. The normalized spacial score (nSPS) is 20.1. The number of non-ortho nitro benzene ring substituents is 1.